The molecular formula is C33H47N6O8P. The Bertz CT molecular complexity index is 1650. The predicted molar refractivity (Wildman–Crippen MR) is 181 cm³/mol. The fourth-order valence-corrected chi connectivity index (χ4v) is 7.37. The maximum atomic E-state index is 14.4. The first-order valence-corrected chi connectivity index (χ1v) is 18.3. The van der Waals surface area contributed by atoms with Gasteiger partial charge in [0.25, 0.3) is 5.56 Å². The van der Waals surface area contributed by atoms with Gasteiger partial charge in [-0.3, -0.25) is 23.7 Å². The van der Waals surface area contributed by atoms with Crippen LogP contribution in [0.2, 0.25) is 0 Å². The van der Waals surface area contributed by atoms with E-state index in [1.807, 2.05) is 6.07 Å². The highest BCUT2D eigenvalue weighted by molar-refractivity contribution is 7.52. The summed E-state index contributed by atoms with van der Waals surface area (Å²) in [5.41, 5.74) is 5.98. The molecule has 1 aliphatic carbocycles. The highest BCUT2D eigenvalue weighted by Crippen LogP contribution is 2.57. The van der Waals surface area contributed by atoms with Crippen molar-refractivity contribution in [3.05, 3.63) is 52.6 Å². The van der Waals surface area contributed by atoms with Crippen molar-refractivity contribution < 1.29 is 32.6 Å². The number of esters is 1. The van der Waals surface area contributed by atoms with E-state index in [1.54, 1.807) is 42.0 Å². The number of nitrogens with one attached hydrogen (secondary N) is 2. The van der Waals surface area contributed by atoms with Crippen molar-refractivity contribution in [3.63, 3.8) is 0 Å². The van der Waals surface area contributed by atoms with Gasteiger partial charge in [0.1, 0.15) is 18.1 Å². The van der Waals surface area contributed by atoms with Crippen molar-refractivity contribution in [2.45, 2.75) is 84.5 Å². The number of nitrogens with zero attached hydrogens (tertiary/aromatic N) is 3. The summed E-state index contributed by atoms with van der Waals surface area (Å²) >= 11 is 0. The molecule has 2 fully saturated rings. The van der Waals surface area contributed by atoms with Gasteiger partial charge >= 0.3 is 13.7 Å². The Morgan fingerprint density at radius 2 is 2.00 bits per heavy atom. The zero-order chi connectivity index (χ0) is 34.1. The van der Waals surface area contributed by atoms with Crippen molar-refractivity contribution in [1.29, 1.82) is 0 Å². The maximum absolute atomic E-state index is 14.4. The van der Waals surface area contributed by atoms with Crippen LogP contribution in [0.1, 0.15) is 72.1 Å². The van der Waals surface area contributed by atoms with E-state index in [9.17, 15) is 14.2 Å². The maximum Gasteiger partial charge on any atom is 0.459 e. The summed E-state index contributed by atoms with van der Waals surface area (Å²) in [7, 11) is -4.14. The molecule has 4 atom stereocenters. The van der Waals surface area contributed by atoms with Crippen molar-refractivity contribution in [2.75, 3.05) is 32.2 Å². The third kappa shape index (κ3) is 9.32. The van der Waals surface area contributed by atoms with Crippen LogP contribution in [0.25, 0.3) is 17.4 Å². The molecule has 4 N–H and O–H groups in total. The van der Waals surface area contributed by atoms with E-state index >= 15 is 0 Å². The van der Waals surface area contributed by atoms with E-state index in [1.165, 1.54) is 6.33 Å². The van der Waals surface area contributed by atoms with Gasteiger partial charge in [0.2, 0.25) is 5.95 Å². The number of carbonyl (C=O) groups is 1. The Hall–Kier alpha value is -3.55. The molecule has 15 heteroatoms. The molecule has 48 heavy (non-hydrogen) atoms. The Labute approximate surface area is 280 Å². The van der Waals surface area contributed by atoms with Crippen molar-refractivity contribution in [1.82, 2.24) is 24.6 Å². The molecule has 0 bridgehead atoms. The number of ether oxygens (including phenoxy) is 3. The third-order valence-electron chi connectivity index (χ3n) is 8.55. The molecule has 14 nitrogen and oxygen atoms in total. The lowest BCUT2D eigenvalue weighted by Crippen LogP contribution is -2.36. The molecule has 0 amide bonds. The minimum atomic E-state index is -4.14. The summed E-state index contributed by atoms with van der Waals surface area (Å²) in [6.45, 7) is 6.85. The number of anilines is 1. The summed E-state index contributed by atoms with van der Waals surface area (Å²) in [6.07, 6.45) is 10.1. The van der Waals surface area contributed by atoms with Crippen LogP contribution in [0.5, 0.6) is 5.75 Å². The van der Waals surface area contributed by atoms with Crippen molar-refractivity contribution in [3.8, 4) is 5.75 Å². The van der Waals surface area contributed by atoms with Crippen molar-refractivity contribution >= 4 is 37.0 Å². The number of hydrogen-bond donors (Lipinski definition) is 3. The van der Waals surface area contributed by atoms with Gasteiger partial charge in [-0.2, -0.15) is 10.1 Å². The van der Waals surface area contributed by atoms with Gasteiger partial charge < -0.3 is 24.5 Å². The standard InChI is InChI=1S/C33H47N6O8P/c1-4-11-24(12-5-2)19-44-31(41)23(3)38-48(42,47-26-13-7-6-8-14-26)46-21-33(20-45-27-15-9-10-16-43-27)17-25(33)18-39-22-35-28-29(39)36-32(34)37-30(28)40/h6-8,13-14,18,22-24,27H,4-5,9-12,15-17,19-21H2,1-3H3,(H,38,42)(H3,34,36,37,40)/b25-18-/t23-,27?,33?,48?/m0/s1. The van der Waals surface area contributed by atoms with E-state index in [4.69, 9.17) is 29.0 Å². The second-order valence-electron chi connectivity index (χ2n) is 12.6. The second-order valence-corrected chi connectivity index (χ2v) is 14.3. The molecule has 3 heterocycles. The fourth-order valence-electron chi connectivity index (χ4n) is 5.79. The minimum Gasteiger partial charge on any atom is -0.464 e. The van der Waals surface area contributed by atoms with Gasteiger partial charge in [-0.1, -0.05) is 44.9 Å². The smallest absolute Gasteiger partial charge is 0.459 e. The fraction of sp³-hybridized carbons (Fsp3) is 0.576. The highest BCUT2D eigenvalue weighted by atomic mass is 31.2. The minimum absolute atomic E-state index is 0.0280. The van der Waals surface area contributed by atoms with Crippen LogP contribution in [0.3, 0.4) is 0 Å². The number of nitrogen functional groups attached to an aromatic ring is 1. The molecule has 2 aliphatic rings. The number of aromatic amines is 1. The van der Waals surface area contributed by atoms with Crippen LogP contribution >= 0.6 is 7.75 Å². The zero-order valence-electron chi connectivity index (χ0n) is 27.9. The second kappa shape index (κ2) is 16.2. The number of nitrogens with two attached hydrogens (primary N) is 1. The van der Waals surface area contributed by atoms with E-state index in [0.29, 0.717) is 31.0 Å². The lowest BCUT2D eigenvalue weighted by molar-refractivity contribution is -0.171. The molecular weight excluding hydrogens is 639 g/mol. The SMILES string of the molecule is CCCC(CCC)COC(=O)[C@H](C)NP(=O)(OCC1(COC2CCCCO2)C/C1=C/n1cnc2c(=O)[nH]c(N)nc21)Oc1ccccc1. The van der Waals surface area contributed by atoms with Crippen LogP contribution < -0.4 is 20.9 Å². The number of rotatable bonds is 18. The number of H-pyrrole nitrogens is 1. The van der Waals surface area contributed by atoms with Gasteiger partial charge in [-0.25, -0.2) is 9.55 Å². The summed E-state index contributed by atoms with van der Waals surface area (Å²) in [4.78, 5) is 36.3. The first kappa shape index (κ1) is 35.7. The number of para-hydroxylation sites is 1. The molecule has 262 valence electrons. The first-order chi connectivity index (χ1) is 23.1. The van der Waals surface area contributed by atoms with Gasteiger partial charge in [-0.05, 0) is 69.1 Å². The Morgan fingerprint density at radius 1 is 1.23 bits per heavy atom. The first-order valence-electron chi connectivity index (χ1n) is 16.7. The molecule has 1 saturated carbocycles. The van der Waals surface area contributed by atoms with Gasteiger partial charge in [-0.15, -0.1) is 0 Å². The number of aromatic nitrogens is 4. The Morgan fingerprint density at radius 3 is 2.71 bits per heavy atom. The number of imidazole rings is 1. The molecule has 3 aromatic rings. The number of fused-ring (bicyclic) bond motifs is 1. The normalized spacial score (nSPS) is 22.1. The van der Waals surface area contributed by atoms with Crippen LogP contribution in [-0.4, -0.2) is 64.2 Å². The summed E-state index contributed by atoms with van der Waals surface area (Å²) in [5, 5.41) is 2.81. The monoisotopic (exact) mass is 686 g/mol. The molecule has 5 rings (SSSR count). The molecule has 3 unspecified atom stereocenters. The predicted octanol–water partition coefficient (Wildman–Crippen LogP) is 5.42. The van der Waals surface area contributed by atoms with Crippen LogP contribution in [0.15, 0.2) is 47.0 Å². The molecule has 2 aromatic heterocycles. The molecule has 0 spiro atoms. The van der Waals surface area contributed by atoms with E-state index in [0.717, 1.165) is 50.5 Å². The van der Waals surface area contributed by atoms with E-state index < -0.39 is 30.7 Å². The average Bonchev–Trinajstić information content (AvgIpc) is 3.61. The lowest BCUT2D eigenvalue weighted by Gasteiger charge is -2.27. The number of benzene rings is 1. The van der Waals surface area contributed by atoms with Crippen molar-refractivity contribution in [2.24, 2.45) is 11.3 Å². The topological polar surface area (TPSA) is 182 Å². The summed E-state index contributed by atoms with van der Waals surface area (Å²) < 4.78 is 45.7. The molecule has 1 aliphatic heterocycles. The molecule has 1 aromatic carbocycles. The van der Waals surface area contributed by atoms with E-state index in [-0.39, 0.29) is 36.9 Å². The van der Waals surface area contributed by atoms with E-state index in [2.05, 4.69) is 33.9 Å². The Kier molecular flexibility index (Phi) is 12.1. The van der Waals surface area contributed by atoms with Crippen LogP contribution in [0.4, 0.5) is 5.95 Å². The van der Waals surface area contributed by atoms with Gasteiger partial charge in [0.15, 0.2) is 17.5 Å². The quantitative estimate of drug-likeness (QED) is 0.114. The number of carbonyl (C=O) groups excluding carboxylic acids is 1. The van der Waals surface area contributed by atoms with Gasteiger partial charge in [0, 0.05) is 18.2 Å². The van der Waals surface area contributed by atoms with Crippen LogP contribution in [0, 0.1) is 11.3 Å². The summed E-state index contributed by atoms with van der Waals surface area (Å²) in [5.74, 6) is 0.0114. The summed E-state index contributed by atoms with van der Waals surface area (Å²) in [6, 6.07) is 7.66. The largest absolute Gasteiger partial charge is 0.464 e. The zero-order valence-corrected chi connectivity index (χ0v) is 28.8. The van der Waals surface area contributed by atoms with Gasteiger partial charge in [0.05, 0.1) is 19.8 Å². The Balaban J connectivity index is 1.35. The lowest BCUT2D eigenvalue weighted by atomic mass is 9.99. The molecule has 0 radical (unpaired) electrons. The van der Waals surface area contributed by atoms with Crippen LogP contribution in [-0.2, 0) is 28.1 Å². The number of hydrogen-bond acceptors (Lipinski definition) is 11. The molecule has 1 saturated heterocycles. The highest BCUT2D eigenvalue weighted by Gasteiger charge is 2.52. The average molecular weight is 687 g/mol. The third-order valence-corrected chi connectivity index (χ3v) is 10.2.